The van der Waals surface area contributed by atoms with E-state index < -0.39 is 24.3 Å². The van der Waals surface area contributed by atoms with Crippen molar-refractivity contribution in [3.8, 4) is 22.4 Å². The Balaban J connectivity index is 0.918. The molecule has 296 valence electrons. The molecule has 14 heteroatoms. The Morgan fingerprint density at radius 2 is 1.50 bits per heavy atom. The second-order valence-electron chi connectivity index (χ2n) is 15.2. The zero-order chi connectivity index (χ0) is 39.9. The topological polar surface area (TPSA) is 175 Å². The maximum Gasteiger partial charge on any atom is 0.407 e. The van der Waals surface area contributed by atoms with Crippen LogP contribution < -0.4 is 10.6 Å². The molecule has 0 saturated carbocycles. The van der Waals surface area contributed by atoms with Crippen LogP contribution in [0.2, 0.25) is 0 Å². The highest BCUT2D eigenvalue weighted by molar-refractivity contribution is 5.92. The van der Waals surface area contributed by atoms with Gasteiger partial charge in [0.2, 0.25) is 5.91 Å². The molecule has 3 saturated heterocycles. The first-order valence-corrected chi connectivity index (χ1v) is 19.7. The number of imidazole rings is 2. The van der Waals surface area contributed by atoms with Gasteiger partial charge in [-0.25, -0.2) is 19.6 Å². The van der Waals surface area contributed by atoms with Crippen molar-refractivity contribution in [1.29, 1.82) is 0 Å². The number of ether oxygens (including phenoxy) is 2. The second-order valence-corrected chi connectivity index (χ2v) is 15.2. The lowest BCUT2D eigenvalue weighted by atomic mass is 9.98. The standard InChI is InChI=1S/C44H44N8O6/c1-57-43(55)49-33-18-15-31-16-19-37(52(31)41(33)53)39-45-24-35(48-39)30-13-12-26-21-27(10-11-28(26)22-30)29-14-17-32-34(23-29)47-40(46-32)36-9-6-20-51(36)42(54)38(50-44(56)58-2)25-7-4-3-5-8-25/h3-5,7-8,10-14,17,21-24,31,33,36-38H,6,9,15-16,18-20H2,1-2H3,(H,45,48)(H,46,47)(H,49,55)(H,50,56)/t31-,33-,36?,37-,38+/m0/s1. The maximum absolute atomic E-state index is 14.0. The molecule has 9 rings (SSSR count). The first kappa shape index (κ1) is 36.9. The number of H-pyrrole nitrogens is 2. The number of benzene rings is 4. The lowest BCUT2D eigenvalue weighted by Gasteiger charge is -2.37. The van der Waals surface area contributed by atoms with Crippen LogP contribution in [-0.2, 0) is 19.1 Å². The van der Waals surface area contributed by atoms with Gasteiger partial charge in [0, 0.05) is 18.2 Å². The van der Waals surface area contributed by atoms with Crippen LogP contribution in [0.3, 0.4) is 0 Å². The van der Waals surface area contributed by atoms with Crippen LogP contribution in [0.25, 0.3) is 44.2 Å². The van der Waals surface area contributed by atoms with E-state index in [1.807, 2.05) is 47.5 Å². The van der Waals surface area contributed by atoms with E-state index in [1.54, 1.807) is 4.90 Å². The predicted octanol–water partition coefficient (Wildman–Crippen LogP) is 7.08. The molecule has 3 aliphatic heterocycles. The second kappa shape index (κ2) is 15.3. The molecule has 0 radical (unpaired) electrons. The molecule has 1 unspecified atom stereocenters. The van der Waals surface area contributed by atoms with Crippen LogP contribution in [0.15, 0.2) is 91.1 Å². The van der Waals surface area contributed by atoms with Crippen LogP contribution in [0, 0.1) is 0 Å². The largest absolute Gasteiger partial charge is 0.453 e. The number of carbonyl (C=O) groups is 4. The number of piperidine rings is 1. The fourth-order valence-electron chi connectivity index (χ4n) is 8.97. The van der Waals surface area contributed by atoms with Gasteiger partial charge < -0.3 is 39.9 Å². The van der Waals surface area contributed by atoms with Crippen molar-refractivity contribution in [2.45, 2.75) is 68.7 Å². The summed E-state index contributed by atoms with van der Waals surface area (Å²) in [6.07, 6.45) is 5.26. The molecular weight excluding hydrogens is 737 g/mol. The van der Waals surface area contributed by atoms with Crippen molar-refractivity contribution >= 4 is 45.8 Å². The van der Waals surface area contributed by atoms with E-state index in [2.05, 4.69) is 69.1 Å². The van der Waals surface area contributed by atoms with Crippen LogP contribution in [-0.4, -0.2) is 86.6 Å². The molecule has 0 bridgehead atoms. The van der Waals surface area contributed by atoms with Crippen LogP contribution in [0.4, 0.5) is 9.59 Å². The Labute approximate surface area is 334 Å². The number of fused-ring (bicyclic) bond motifs is 3. The molecule has 0 aliphatic carbocycles. The average Bonchev–Trinajstić information content (AvgIpc) is 4.09. The Morgan fingerprint density at radius 3 is 2.29 bits per heavy atom. The molecule has 4 aromatic carbocycles. The summed E-state index contributed by atoms with van der Waals surface area (Å²) in [6, 6.07) is 26.3. The number of rotatable bonds is 8. The van der Waals surface area contributed by atoms with E-state index in [0.29, 0.717) is 24.4 Å². The number of carbonyl (C=O) groups excluding carboxylic acids is 4. The molecule has 5 atom stereocenters. The van der Waals surface area contributed by atoms with E-state index in [4.69, 9.17) is 19.4 Å². The molecule has 58 heavy (non-hydrogen) atoms. The van der Waals surface area contributed by atoms with Gasteiger partial charge in [0.05, 0.1) is 49.2 Å². The van der Waals surface area contributed by atoms with E-state index in [-0.39, 0.29) is 29.9 Å². The van der Waals surface area contributed by atoms with Crippen LogP contribution >= 0.6 is 0 Å². The number of alkyl carbamates (subject to hydrolysis) is 2. The highest BCUT2D eigenvalue weighted by atomic mass is 16.5. The fourth-order valence-corrected chi connectivity index (χ4v) is 8.97. The van der Waals surface area contributed by atoms with Crippen molar-refractivity contribution in [2.75, 3.05) is 20.8 Å². The summed E-state index contributed by atoms with van der Waals surface area (Å²) in [4.78, 5) is 71.9. The van der Waals surface area contributed by atoms with E-state index >= 15 is 0 Å². The number of nitrogens with zero attached hydrogens (tertiary/aromatic N) is 4. The quantitative estimate of drug-likeness (QED) is 0.127. The monoisotopic (exact) mass is 780 g/mol. The molecule has 4 N–H and O–H groups in total. The summed E-state index contributed by atoms with van der Waals surface area (Å²) < 4.78 is 9.58. The lowest BCUT2D eigenvalue weighted by molar-refractivity contribution is -0.139. The lowest BCUT2D eigenvalue weighted by Crippen LogP contribution is -2.54. The third kappa shape index (κ3) is 6.88. The van der Waals surface area contributed by atoms with Gasteiger partial charge in [-0.15, -0.1) is 0 Å². The minimum absolute atomic E-state index is 0.0910. The van der Waals surface area contributed by atoms with Gasteiger partial charge in [0.25, 0.3) is 5.91 Å². The van der Waals surface area contributed by atoms with Crippen molar-refractivity contribution in [2.24, 2.45) is 0 Å². The molecule has 14 nitrogen and oxygen atoms in total. The third-order valence-electron chi connectivity index (χ3n) is 11.9. The van der Waals surface area contributed by atoms with Crippen LogP contribution in [0.1, 0.15) is 73.9 Å². The highest BCUT2D eigenvalue weighted by Gasteiger charge is 2.45. The molecule has 2 aromatic heterocycles. The number of hydrogen-bond acceptors (Lipinski definition) is 8. The minimum Gasteiger partial charge on any atom is -0.453 e. The first-order valence-electron chi connectivity index (χ1n) is 19.7. The Bertz CT molecular complexity index is 2530. The summed E-state index contributed by atoms with van der Waals surface area (Å²) in [5.41, 5.74) is 6.32. The number of likely N-dealkylation sites (tertiary alicyclic amines) is 1. The van der Waals surface area contributed by atoms with Gasteiger partial charge in [-0.2, -0.15) is 0 Å². The van der Waals surface area contributed by atoms with Gasteiger partial charge in [0.15, 0.2) is 0 Å². The molecule has 3 aliphatic rings. The minimum atomic E-state index is -0.884. The molecule has 5 heterocycles. The zero-order valence-electron chi connectivity index (χ0n) is 32.2. The van der Waals surface area contributed by atoms with Gasteiger partial charge >= 0.3 is 12.2 Å². The van der Waals surface area contributed by atoms with Gasteiger partial charge in [-0.3, -0.25) is 9.59 Å². The smallest absolute Gasteiger partial charge is 0.407 e. The fraction of sp³-hybridized carbons (Fsp3) is 0.318. The Hall–Kier alpha value is -6.70. The molecule has 6 aromatic rings. The summed E-state index contributed by atoms with van der Waals surface area (Å²) in [6.45, 7) is 0.552. The van der Waals surface area contributed by atoms with Crippen molar-refractivity contribution in [3.05, 3.63) is 108 Å². The van der Waals surface area contributed by atoms with Gasteiger partial charge in [-0.05, 0) is 90.3 Å². The average molecular weight is 781 g/mol. The van der Waals surface area contributed by atoms with Gasteiger partial charge in [0.1, 0.15) is 23.7 Å². The van der Waals surface area contributed by atoms with Crippen molar-refractivity contribution < 1.29 is 28.7 Å². The highest BCUT2D eigenvalue weighted by Crippen LogP contribution is 2.41. The van der Waals surface area contributed by atoms with Crippen molar-refractivity contribution in [1.82, 2.24) is 40.4 Å². The summed E-state index contributed by atoms with van der Waals surface area (Å²) in [5.74, 6) is 1.16. The van der Waals surface area contributed by atoms with E-state index in [1.165, 1.54) is 14.2 Å². The zero-order valence-corrected chi connectivity index (χ0v) is 32.2. The number of nitrogens with one attached hydrogen (secondary N) is 4. The Kier molecular flexibility index (Phi) is 9.76. The third-order valence-corrected chi connectivity index (χ3v) is 11.9. The van der Waals surface area contributed by atoms with E-state index in [0.717, 1.165) is 82.1 Å². The number of amides is 4. The number of aromatic nitrogens is 4. The Morgan fingerprint density at radius 1 is 0.776 bits per heavy atom. The summed E-state index contributed by atoms with van der Waals surface area (Å²) >= 11 is 0. The molecule has 4 amide bonds. The van der Waals surface area contributed by atoms with Gasteiger partial charge in [-0.1, -0.05) is 60.7 Å². The summed E-state index contributed by atoms with van der Waals surface area (Å²) in [7, 11) is 2.58. The SMILES string of the molecule is COC(=O)N[C@H]1CC[C@H]2CC[C@@H](c3ncc(-c4ccc5cc(-c6ccc7nc(C8CCCN8C(=O)[C@H](NC(=O)OC)c8ccccc8)[nH]c7c6)ccc5c4)[nH]3)N2C1=O. The first-order chi connectivity index (χ1) is 28.3. The van der Waals surface area contributed by atoms with Crippen molar-refractivity contribution in [3.63, 3.8) is 0 Å². The molecular formula is C44H44N8O6. The summed E-state index contributed by atoms with van der Waals surface area (Å²) in [5, 5.41) is 7.58. The predicted molar refractivity (Wildman–Crippen MR) is 216 cm³/mol. The number of methoxy groups -OCH3 is 2. The maximum atomic E-state index is 14.0. The molecule has 3 fully saturated rings. The molecule has 0 spiro atoms. The normalized spacial score (nSPS) is 20.9. The van der Waals surface area contributed by atoms with E-state index in [9.17, 15) is 19.2 Å². The number of hydrogen-bond donors (Lipinski definition) is 4. The number of aromatic amines is 2. The van der Waals surface area contributed by atoms with Crippen LogP contribution in [0.5, 0.6) is 0 Å².